The van der Waals surface area contributed by atoms with Crippen molar-refractivity contribution in [3.05, 3.63) is 40.5 Å². The van der Waals surface area contributed by atoms with Crippen molar-refractivity contribution in [2.75, 3.05) is 20.3 Å². The predicted molar refractivity (Wildman–Crippen MR) is 97.9 cm³/mol. The molecule has 4 unspecified atom stereocenters. The van der Waals surface area contributed by atoms with Crippen LogP contribution in [0, 0.1) is 16.2 Å². The summed E-state index contributed by atoms with van der Waals surface area (Å²) in [5.74, 6) is -0.936. The molecule has 24 heavy (non-hydrogen) atoms. The summed E-state index contributed by atoms with van der Waals surface area (Å²) in [7, 11) is 1.28. The van der Waals surface area contributed by atoms with Crippen molar-refractivity contribution in [3.63, 3.8) is 0 Å². The van der Waals surface area contributed by atoms with E-state index in [2.05, 4.69) is 4.99 Å². The number of halogens is 6. The minimum absolute atomic E-state index is 0.183. The van der Waals surface area contributed by atoms with Gasteiger partial charge in [0, 0.05) is 6.07 Å². The fourth-order valence-corrected chi connectivity index (χ4v) is 3.33. The maximum Gasteiger partial charge on any atom is 0.266 e. The molecule has 1 saturated heterocycles. The fourth-order valence-electron chi connectivity index (χ4n) is 2.42. The molecule has 0 aromatic heterocycles. The van der Waals surface area contributed by atoms with Gasteiger partial charge in [-0.1, -0.05) is 58.5 Å². The summed E-state index contributed by atoms with van der Waals surface area (Å²) in [6.07, 6.45) is 0. The van der Waals surface area contributed by atoms with Gasteiger partial charge in [-0.3, -0.25) is 0 Å². The number of aliphatic imine (C=N–C) groups is 1. The number of rotatable bonds is 3. The SMILES string of the molecule is C[N+]1([O-])CC(=NC(Cl)C(Cl)C(Cl)(Cl)Cl)[N+]([O-])(c2ccccc2F)C1. The van der Waals surface area contributed by atoms with E-state index in [9.17, 15) is 14.8 Å². The van der Waals surface area contributed by atoms with Crippen LogP contribution in [0.15, 0.2) is 29.3 Å². The highest BCUT2D eigenvalue weighted by molar-refractivity contribution is 6.70. The van der Waals surface area contributed by atoms with Gasteiger partial charge in [0.25, 0.3) is 5.84 Å². The van der Waals surface area contributed by atoms with Crippen molar-refractivity contribution < 1.29 is 9.04 Å². The number of hydrogen-bond donors (Lipinski definition) is 0. The molecule has 1 aliphatic rings. The van der Waals surface area contributed by atoms with Crippen LogP contribution < -0.4 is 4.65 Å². The second-order valence-electron chi connectivity index (χ2n) is 5.65. The van der Waals surface area contributed by atoms with E-state index < -0.39 is 36.4 Å². The van der Waals surface area contributed by atoms with Gasteiger partial charge in [0.05, 0.1) is 7.05 Å². The van der Waals surface area contributed by atoms with Gasteiger partial charge in [-0.05, 0) is 6.07 Å². The summed E-state index contributed by atoms with van der Waals surface area (Å²) in [6, 6.07) is 5.35. The molecule has 1 aromatic carbocycles. The topological polar surface area (TPSA) is 58.5 Å². The van der Waals surface area contributed by atoms with E-state index in [1.54, 1.807) is 0 Å². The van der Waals surface area contributed by atoms with E-state index in [1.165, 1.54) is 25.2 Å². The van der Waals surface area contributed by atoms with Crippen molar-refractivity contribution in [1.29, 1.82) is 0 Å². The Morgan fingerprint density at radius 3 is 2.33 bits per heavy atom. The third-order valence-corrected chi connectivity index (χ3v) is 5.54. The maximum absolute atomic E-state index is 14.1. The van der Waals surface area contributed by atoms with E-state index in [-0.39, 0.29) is 18.1 Å². The van der Waals surface area contributed by atoms with Gasteiger partial charge in [-0.15, -0.1) is 11.6 Å². The normalized spacial score (nSPS) is 32.1. The Labute approximate surface area is 163 Å². The zero-order valence-electron chi connectivity index (χ0n) is 12.3. The van der Waals surface area contributed by atoms with Crippen LogP contribution in [-0.2, 0) is 0 Å². The van der Waals surface area contributed by atoms with E-state index in [4.69, 9.17) is 58.0 Å². The van der Waals surface area contributed by atoms with Gasteiger partial charge in [0.1, 0.15) is 10.9 Å². The molecule has 0 amide bonds. The highest BCUT2D eigenvalue weighted by Gasteiger charge is 2.47. The number of hydroxylamine groups is 5. The summed E-state index contributed by atoms with van der Waals surface area (Å²) in [5, 5.41) is 24.3. The van der Waals surface area contributed by atoms with Crippen LogP contribution in [0.25, 0.3) is 0 Å². The molecule has 1 aromatic rings. The second-order valence-corrected chi connectivity index (χ2v) is 8.94. The van der Waals surface area contributed by atoms with Gasteiger partial charge in [-0.25, -0.2) is 14.0 Å². The fraction of sp³-hybridized carbons (Fsp3) is 0.462. The van der Waals surface area contributed by atoms with Crippen LogP contribution in [-0.4, -0.2) is 45.4 Å². The zero-order valence-corrected chi connectivity index (χ0v) is 16.1. The smallest absolute Gasteiger partial charge is 0.266 e. The lowest BCUT2D eigenvalue weighted by Crippen LogP contribution is -2.49. The first-order valence-electron chi connectivity index (χ1n) is 6.69. The van der Waals surface area contributed by atoms with Gasteiger partial charge in [0.2, 0.25) is 10.5 Å². The van der Waals surface area contributed by atoms with Crippen molar-refractivity contribution in [3.8, 4) is 0 Å². The molecule has 2 rings (SSSR count). The molecular weight excluding hydrogens is 426 g/mol. The number of alkyl halides is 5. The molecule has 0 N–H and O–H groups in total. The van der Waals surface area contributed by atoms with Crippen LogP contribution in [0.3, 0.4) is 0 Å². The number of hydrogen-bond acceptors (Lipinski definition) is 3. The van der Waals surface area contributed by atoms with Crippen molar-refractivity contribution in [2.24, 2.45) is 4.99 Å². The molecule has 134 valence electrons. The lowest BCUT2D eigenvalue weighted by atomic mass is 10.2. The molecule has 0 spiro atoms. The molecule has 1 heterocycles. The molecule has 5 nitrogen and oxygen atoms in total. The number of nitrogens with zero attached hydrogens (tertiary/aromatic N) is 3. The molecule has 1 aliphatic heterocycles. The molecule has 0 saturated carbocycles. The monoisotopic (exact) mass is 437 g/mol. The average molecular weight is 440 g/mol. The molecule has 4 atom stereocenters. The van der Waals surface area contributed by atoms with Crippen molar-refractivity contribution in [2.45, 2.75) is 14.7 Å². The second kappa shape index (κ2) is 7.02. The Morgan fingerprint density at radius 1 is 1.21 bits per heavy atom. The number of quaternary nitrogens is 2. The van der Waals surface area contributed by atoms with E-state index in [1.807, 2.05) is 0 Å². The van der Waals surface area contributed by atoms with Gasteiger partial charge >= 0.3 is 0 Å². The number of benzene rings is 1. The van der Waals surface area contributed by atoms with Crippen LogP contribution in [0.4, 0.5) is 10.1 Å². The van der Waals surface area contributed by atoms with Gasteiger partial charge in [0.15, 0.2) is 18.0 Å². The average Bonchev–Trinajstić information content (AvgIpc) is 2.67. The lowest BCUT2D eigenvalue weighted by Gasteiger charge is -2.38. The van der Waals surface area contributed by atoms with Crippen LogP contribution in [0.5, 0.6) is 0 Å². The summed E-state index contributed by atoms with van der Waals surface area (Å²) < 4.78 is 9.85. The van der Waals surface area contributed by atoms with E-state index >= 15 is 0 Å². The summed E-state index contributed by atoms with van der Waals surface area (Å²) in [5.41, 5.74) is -1.52. The van der Waals surface area contributed by atoms with Crippen molar-refractivity contribution in [1.82, 2.24) is 4.65 Å². The van der Waals surface area contributed by atoms with Gasteiger partial charge < -0.3 is 15.1 Å². The number of para-hydroxylation sites is 1. The van der Waals surface area contributed by atoms with Crippen LogP contribution in [0.2, 0.25) is 0 Å². The summed E-state index contributed by atoms with van der Waals surface area (Å²) in [4.78, 5) is 3.98. The first-order valence-corrected chi connectivity index (χ1v) is 8.69. The summed E-state index contributed by atoms with van der Waals surface area (Å²) in [6.45, 7) is -0.783. The largest absolute Gasteiger partial charge is 0.628 e. The molecule has 0 bridgehead atoms. The quantitative estimate of drug-likeness (QED) is 0.302. The highest BCUT2D eigenvalue weighted by Crippen LogP contribution is 2.39. The minimum atomic E-state index is -1.93. The Bertz CT molecular complexity index is 655. The standard InChI is InChI=1S/C13H13Cl5FN3O2/c1-21(23)6-10(20-12(15)11(14)13(16,17)18)22(24,7-21)9-5-3-2-4-8(9)19/h2-5,11-12H,6-7H2,1H3. The Morgan fingerprint density at radius 2 is 1.79 bits per heavy atom. The van der Waals surface area contributed by atoms with E-state index in [0.29, 0.717) is 0 Å². The maximum atomic E-state index is 14.1. The highest BCUT2D eigenvalue weighted by atomic mass is 35.6. The predicted octanol–water partition coefficient (Wildman–Crippen LogP) is 4.49. The first-order chi connectivity index (χ1) is 10.9. The third kappa shape index (κ3) is 4.26. The Kier molecular flexibility index (Phi) is 5.98. The zero-order chi connectivity index (χ0) is 18.3. The van der Waals surface area contributed by atoms with Gasteiger partial charge in [-0.2, -0.15) is 0 Å². The molecule has 1 fully saturated rings. The first kappa shape index (κ1) is 20.4. The number of likely N-dealkylation sites (N-methyl/N-ethyl adjacent to an activating group) is 1. The minimum Gasteiger partial charge on any atom is -0.628 e. The lowest BCUT2D eigenvalue weighted by molar-refractivity contribution is -0.848. The number of amidine groups is 1. The molecule has 0 radical (unpaired) electrons. The van der Waals surface area contributed by atoms with Crippen molar-refractivity contribution >= 4 is 69.5 Å². The van der Waals surface area contributed by atoms with E-state index in [0.717, 1.165) is 6.07 Å². The Hall–Kier alpha value is 0.110. The third-order valence-electron chi connectivity index (χ3n) is 3.46. The molecule has 11 heteroatoms. The van der Waals surface area contributed by atoms with Crippen LogP contribution in [0.1, 0.15) is 0 Å². The van der Waals surface area contributed by atoms with Crippen LogP contribution >= 0.6 is 58.0 Å². The molecular formula is C13H13Cl5FN3O2. The summed E-state index contributed by atoms with van der Waals surface area (Å²) >= 11 is 29.0. The molecule has 0 aliphatic carbocycles. The Balaban J connectivity index is 2.47.